The molecule has 0 saturated heterocycles. The van der Waals surface area contributed by atoms with Crippen LogP contribution in [0.15, 0.2) is 40.9 Å². The molecule has 3 nitrogen and oxygen atoms in total. The minimum atomic E-state index is 0.388. The maximum Gasteiger partial charge on any atom is 0.254 e. The monoisotopic (exact) mass is 174 g/mol. The molecule has 0 spiro atoms. The molecule has 0 aliphatic rings. The summed E-state index contributed by atoms with van der Waals surface area (Å²) in [6.07, 6.45) is 0. The van der Waals surface area contributed by atoms with E-state index in [1.165, 1.54) is 0 Å². The molecule has 13 heavy (non-hydrogen) atoms. The van der Waals surface area contributed by atoms with E-state index in [1.807, 2.05) is 30.3 Å². The molecule has 0 amide bonds. The molecule has 65 valence electrons. The van der Waals surface area contributed by atoms with Crippen molar-refractivity contribution in [2.75, 3.05) is 0 Å². The van der Waals surface area contributed by atoms with Gasteiger partial charge in [-0.3, -0.25) is 0 Å². The number of rotatable bonds is 2. The minimum Gasteiger partial charge on any atom is -0.472 e. The third-order valence-electron chi connectivity index (χ3n) is 1.69. The van der Waals surface area contributed by atoms with Gasteiger partial charge in [0.05, 0.1) is 0 Å². The molecule has 0 N–H and O–H groups in total. The van der Waals surface area contributed by atoms with Crippen molar-refractivity contribution in [2.45, 2.75) is 0 Å². The molecule has 3 heteroatoms. The lowest BCUT2D eigenvalue weighted by atomic mass is 10.2. The predicted octanol–water partition coefficient (Wildman–Crippen LogP) is 2.51. The van der Waals surface area contributed by atoms with Crippen LogP contribution in [0.2, 0.25) is 0 Å². The summed E-state index contributed by atoms with van der Waals surface area (Å²) in [6.45, 7) is 0. The molecule has 0 fully saturated rings. The normalized spacial score (nSPS) is 9.92. The van der Waals surface area contributed by atoms with Crippen LogP contribution < -0.4 is 4.74 Å². The van der Waals surface area contributed by atoms with Crippen molar-refractivity contribution in [3.8, 4) is 17.2 Å². The summed E-state index contributed by atoms with van der Waals surface area (Å²) < 4.78 is 9.69. The average molecular weight is 174 g/mol. The molecule has 0 bridgehead atoms. The SMILES string of the molecule is [CH2]Oc1cc(-c2ccccc2)on1. The summed E-state index contributed by atoms with van der Waals surface area (Å²) in [5.41, 5.74) is 0.971. The molecule has 1 heterocycles. The highest BCUT2D eigenvalue weighted by molar-refractivity contribution is 5.57. The molecule has 0 aliphatic carbocycles. The molecule has 2 aromatic rings. The fourth-order valence-electron chi connectivity index (χ4n) is 1.07. The Bertz CT molecular complexity index is 381. The first-order valence-corrected chi connectivity index (χ1v) is 3.84. The summed E-state index contributed by atoms with van der Waals surface area (Å²) in [7, 11) is 3.24. The second-order valence-corrected chi connectivity index (χ2v) is 2.54. The van der Waals surface area contributed by atoms with Crippen LogP contribution in [0, 0.1) is 7.11 Å². The molecular weight excluding hydrogens is 166 g/mol. The number of aromatic nitrogens is 1. The van der Waals surface area contributed by atoms with Crippen molar-refractivity contribution >= 4 is 0 Å². The molecule has 0 atom stereocenters. The van der Waals surface area contributed by atoms with E-state index in [2.05, 4.69) is 17.0 Å². The van der Waals surface area contributed by atoms with Crippen LogP contribution in [0.4, 0.5) is 0 Å². The lowest BCUT2D eigenvalue weighted by Gasteiger charge is -1.91. The van der Waals surface area contributed by atoms with Gasteiger partial charge in [0.1, 0.15) is 7.11 Å². The number of hydrogen-bond donors (Lipinski definition) is 0. The largest absolute Gasteiger partial charge is 0.472 e. The zero-order valence-corrected chi connectivity index (χ0v) is 6.93. The van der Waals surface area contributed by atoms with E-state index in [-0.39, 0.29) is 0 Å². The second-order valence-electron chi connectivity index (χ2n) is 2.54. The average Bonchev–Trinajstić information content (AvgIpc) is 2.67. The van der Waals surface area contributed by atoms with Crippen molar-refractivity contribution < 1.29 is 9.26 Å². The maximum atomic E-state index is 5.03. The zero-order valence-electron chi connectivity index (χ0n) is 6.93. The zero-order chi connectivity index (χ0) is 9.10. The van der Waals surface area contributed by atoms with E-state index in [1.54, 1.807) is 6.07 Å². The van der Waals surface area contributed by atoms with E-state index in [4.69, 9.17) is 4.52 Å². The van der Waals surface area contributed by atoms with Gasteiger partial charge in [0.25, 0.3) is 5.88 Å². The smallest absolute Gasteiger partial charge is 0.254 e. The highest BCUT2D eigenvalue weighted by atomic mass is 16.5. The van der Waals surface area contributed by atoms with E-state index in [0.717, 1.165) is 5.56 Å². The third-order valence-corrected chi connectivity index (χ3v) is 1.69. The van der Waals surface area contributed by atoms with Crippen LogP contribution in [0.25, 0.3) is 11.3 Å². The standard InChI is InChI=1S/C10H8NO2/c1-12-10-7-9(13-11-10)8-5-3-2-4-6-8/h2-7H,1H2. The van der Waals surface area contributed by atoms with Crippen LogP contribution in [0.3, 0.4) is 0 Å². The van der Waals surface area contributed by atoms with Gasteiger partial charge >= 0.3 is 0 Å². The Morgan fingerprint density at radius 1 is 1.23 bits per heavy atom. The summed E-state index contributed by atoms with van der Waals surface area (Å²) in [4.78, 5) is 0. The van der Waals surface area contributed by atoms with Crippen LogP contribution >= 0.6 is 0 Å². The first-order chi connectivity index (χ1) is 6.40. The minimum absolute atomic E-state index is 0.388. The predicted molar refractivity (Wildman–Crippen MR) is 47.9 cm³/mol. The van der Waals surface area contributed by atoms with E-state index in [9.17, 15) is 0 Å². The Labute approximate surface area is 75.9 Å². The Morgan fingerprint density at radius 3 is 2.62 bits per heavy atom. The van der Waals surface area contributed by atoms with Crippen molar-refractivity contribution in [1.29, 1.82) is 0 Å². The van der Waals surface area contributed by atoms with Gasteiger partial charge in [-0.2, -0.15) is 0 Å². The number of nitrogens with zero attached hydrogens (tertiary/aromatic N) is 1. The third kappa shape index (κ3) is 1.54. The van der Waals surface area contributed by atoms with Crippen LogP contribution in [0.1, 0.15) is 0 Å². The van der Waals surface area contributed by atoms with Crippen molar-refractivity contribution in [3.05, 3.63) is 43.5 Å². The van der Waals surface area contributed by atoms with E-state index in [0.29, 0.717) is 11.6 Å². The lowest BCUT2D eigenvalue weighted by molar-refractivity contribution is 0.369. The van der Waals surface area contributed by atoms with Gasteiger partial charge in [0, 0.05) is 11.6 Å². The van der Waals surface area contributed by atoms with E-state index >= 15 is 0 Å². The summed E-state index contributed by atoms with van der Waals surface area (Å²) in [5, 5.41) is 3.65. The van der Waals surface area contributed by atoms with Gasteiger partial charge in [0.15, 0.2) is 5.76 Å². The van der Waals surface area contributed by atoms with Crippen LogP contribution in [0.5, 0.6) is 5.88 Å². The van der Waals surface area contributed by atoms with Gasteiger partial charge in [-0.1, -0.05) is 30.3 Å². The summed E-state index contributed by atoms with van der Waals surface area (Å²) >= 11 is 0. The number of ether oxygens (including phenoxy) is 1. The van der Waals surface area contributed by atoms with Crippen molar-refractivity contribution in [3.63, 3.8) is 0 Å². The molecule has 2 rings (SSSR count). The summed E-state index contributed by atoms with van der Waals surface area (Å²) in [5.74, 6) is 1.07. The maximum absolute atomic E-state index is 5.03. The number of hydrogen-bond acceptors (Lipinski definition) is 3. The molecule has 1 aromatic heterocycles. The molecule has 0 aliphatic heterocycles. The lowest BCUT2D eigenvalue weighted by Crippen LogP contribution is -1.74. The fourth-order valence-corrected chi connectivity index (χ4v) is 1.07. The van der Waals surface area contributed by atoms with Crippen LogP contribution in [-0.2, 0) is 0 Å². The van der Waals surface area contributed by atoms with Gasteiger partial charge < -0.3 is 9.26 Å². The number of benzene rings is 1. The highest BCUT2D eigenvalue weighted by Crippen LogP contribution is 2.22. The van der Waals surface area contributed by atoms with E-state index < -0.39 is 0 Å². The van der Waals surface area contributed by atoms with Gasteiger partial charge in [-0.05, 0) is 5.16 Å². The first-order valence-electron chi connectivity index (χ1n) is 3.84. The Hall–Kier alpha value is -1.77. The molecule has 1 radical (unpaired) electrons. The highest BCUT2D eigenvalue weighted by Gasteiger charge is 2.04. The van der Waals surface area contributed by atoms with Gasteiger partial charge in [0.2, 0.25) is 0 Å². The van der Waals surface area contributed by atoms with Crippen molar-refractivity contribution in [1.82, 2.24) is 5.16 Å². The molecule has 1 aromatic carbocycles. The fraction of sp³-hybridized carbons (Fsp3) is 0. The van der Waals surface area contributed by atoms with Crippen molar-refractivity contribution in [2.24, 2.45) is 0 Å². The first kappa shape index (κ1) is 7.86. The molecule has 0 saturated carbocycles. The van der Waals surface area contributed by atoms with Crippen LogP contribution in [-0.4, -0.2) is 5.16 Å². The topological polar surface area (TPSA) is 35.3 Å². The second kappa shape index (κ2) is 3.31. The van der Waals surface area contributed by atoms with Gasteiger partial charge in [-0.25, -0.2) is 0 Å². The quantitative estimate of drug-likeness (QED) is 0.701. The Kier molecular flexibility index (Phi) is 2.00. The Morgan fingerprint density at radius 2 is 2.00 bits per heavy atom. The molecule has 0 unspecified atom stereocenters. The van der Waals surface area contributed by atoms with Gasteiger partial charge in [-0.15, -0.1) is 0 Å². The summed E-state index contributed by atoms with van der Waals surface area (Å²) in [6, 6.07) is 11.4. The molecular formula is C10H8NO2. The Balaban J connectivity index is 2.36.